The largest absolute Gasteiger partial charge is 0.493 e. The minimum absolute atomic E-state index is 0.476. The first-order valence-electron chi connectivity index (χ1n) is 4.48. The number of fused-ring (bicyclic) bond motifs is 1. The van der Waals surface area contributed by atoms with Crippen LogP contribution in [0.3, 0.4) is 0 Å². The molecule has 14 heavy (non-hydrogen) atoms. The molecular formula is C10H11F2NO. The molecule has 2 rings (SSSR count). The predicted octanol–water partition coefficient (Wildman–Crippen LogP) is 1.89. The maximum Gasteiger partial charge on any atom is 0.257 e. The van der Waals surface area contributed by atoms with Crippen molar-refractivity contribution < 1.29 is 13.5 Å². The van der Waals surface area contributed by atoms with Gasteiger partial charge >= 0.3 is 0 Å². The highest BCUT2D eigenvalue weighted by Gasteiger charge is 2.20. The first-order chi connectivity index (χ1) is 6.68. The number of hydrogen-bond acceptors (Lipinski definition) is 2. The van der Waals surface area contributed by atoms with Gasteiger partial charge in [-0.3, -0.25) is 0 Å². The number of halogens is 2. The standard InChI is InChI=1S/C10H11F2NO/c11-10(12)9(13)7-1-2-8-6(5-7)3-4-14-8/h1-2,5,9-10H,3-4,13H2. The molecular weight excluding hydrogens is 188 g/mol. The Morgan fingerprint density at radius 1 is 1.36 bits per heavy atom. The van der Waals surface area contributed by atoms with E-state index in [1.165, 1.54) is 0 Å². The Morgan fingerprint density at radius 3 is 2.86 bits per heavy atom. The van der Waals surface area contributed by atoms with E-state index < -0.39 is 12.5 Å². The smallest absolute Gasteiger partial charge is 0.257 e. The van der Waals surface area contributed by atoms with Gasteiger partial charge in [0, 0.05) is 6.42 Å². The lowest BCUT2D eigenvalue weighted by molar-refractivity contribution is 0.116. The summed E-state index contributed by atoms with van der Waals surface area (Å²) in [4.78, 5) is 0. The zero-order chi connectivity index (χ0) is 10.1. The van der Waals surface area contributed by atoms with Crippen LogP contribution in [-0.2, 0) is 6.42 Å². The minimum atomic E-state index is -2.52. The van der Waals surface area contributed by atoms with Gasteiger partial charge in [-0.1, -0.05) is 12.1 Å². The summed E-state index contributed by atoms with van der Waals surface area (Å²) in [6, 6.07) is 3.82. The van der Waals surface area contributed by atoms with Crippen molar-refractivity contribution in [1.82, 2.24) is 0 Å². The van der Waals surface area contributed by atoms with Crippen molar-refractivity contribution in [3.63, 3.8) is 0 Å². The first-order valence-corrected chi connectivity index (χ1v) is 4.48. The molecule has 76 valence electrons. The monoisotopic (exact) mass is 199 g/mol. The Bertz CT molecular complexity index is 341. The van der Waals surface area contributed by atoms with Gasteiger partial charge in [-0.05, 0) is 17.2 Å². The Kier molecular flexibility index (Phi) is 2.37. The summed E-state index contributed by atoms with van der Waals surface area (Å²) >= 11 is 0. The van der Waals surface area contributed by atoms with E-state index in [-0.39, 0.29) is 0 Å². The van der Waals surface area contributed by atoms with Gasteiger partial charge in [-0.15, -0.1) is 0 Å². The molecule has 4 heteroatoms. The van der Waals surface area contributed by atoms with E-state index in [9.17, 15) is 8.78 Å². The lowest BCUT2D eigenvalue weighted by Crippen LogP contribution is -2.18. The fraction of sp³-hybridized carbons (Fsp3) is 0.400. The fourth-order valence-electron chi connectivity index (χ4n) is 1.56. The molecule has 0 spiro atoms. The molecule has 1 heterocycles. The molecule has 1 aliphatic rings. The Balaban J connectivity index is 2.28. The van der Waals surface area contributed by atoms with Crippen molar-refractivity contribution in [2.75, 3.05) is 6.61 Å². The van der Waals surface area contributed by atoms with Crippen molar-refractivity contribution in [2.45, 2.75) is 18.9 Å². The number of nitrogens with two attached hydrogens (primary N) is 1. The van der Waals surface area contributed by atoms with Crippen LogP contribution in [0.4, 0.5) is 8.78 Å². The highest BCUT2D eigenvalue weighted by molar-refractivity contribution is 5.40. The molecule has 0 fully saturated rings. The van der Waals surface area contributed by atoms with Crippen LogP contribution in [0.5, 0.6) is 5.75 Å². The van der Waals surface area contributed by atoms with Gasteiger partial charge in [0.15, 0.2) is 0 Å². The van der Waals surface area contributed by atoms with Gasteiger partial charge in [0.25, 0.3) is 6.43 Å². The zero-order valence-corrected chi connectivity index (χ0v) is 7.54. The van der Waals surface area contributed by atoms with E-state index in [1.807, 2.05) is 0 Å². The van der Waals surface area contributed by atoms with Crippen molar-refractivity contribution in [3.05, 3.63) is 29.3 Å². The van der Waals surface area contributed by atoms with Gasteiger partial charge < -0.3 is 10.5 Å². The molecule has 0 amide bonds. The van der Waals surface area contributed by atoms with E-state index in [0.29, 0.717) is 12.2 Å². The average Bonchev–Trinajstić information content (AvgIpc) is 2.62. The molecule has 1 aliphatic heterocycles. The van der Waals surface area contributed by atoms with Gasteiger partial charge in [-0.2, -0.15) is 0 Å². The van der Waals surface area contributed by atoms with E-state index in [1.54, 1.807) is 18.2 Å². The summed E-state index contributed by atoms with van der Waals surface area (Å²) in [5, 5.41) is 0. The van der Waals surface area contributed by atoms with Crippen molar-refractivity contribution >= 4 is 0 Å². The minimum Gasteiger partial charge on any atom is -0.493 e. The second-order valence-corrected chi connectivity index (χ2v) is 3.33. The summed E-state index contributed by atoms with van der Waals surface area (Å²) < 4.78 is 29.9. The van der Waals surface area contributed by atoms with Crippen LogP contribution in [-0.4, -0.2) is 13.0 Å². The van der Waals surface area contributed by atoms with Crippen LogP contribution in [0.25, 0.3) is 0 Å². The van der Waals surface area contributed by atoms with E-state index in [0.717, 1.165) is 17.7 Å². The van der Waals surface area contributed by atoms with Gasteiger partial charge in [0.1, 0.15) is 5.75 Å². The summed E-state index contributed by atoms with van der Waals surface area (Å²) in [5.74, 6) is 0.787. The number of ether oxygens (including phenoxy) is 1. The maximum atomic E-state index is 12.3. The Labute approximate surface area is 80.7 Å². The average molecular weight is 199 g/mol. The third kappa shape index (κ3) is 1.57. The summed E-state index contributed by atoms with van der Waals surface area (Å²) in [6.07, 6.45) is -1.74. The van der Waals surface area contributed by atoms with E-state index in [2.05, 4.69) is 0 Å². The molecule has 0 aromatic heterocycles. The van der Waals surface area contributed by atoms with Crippen LogP contribution in [0, 0.1) is 0 Å². The molecule has 1 unspecified atom stereocenters. The van der Waals surface area contributed by atoms with Crippen LogP contribution in [0.1, 0.15) is 17.2 Å². The zero-order valence-electron chi connectivity index (χ0n) is 7.54. The van der Waals surface area contributed by atoms with Crippen LogP contribution in [0.2, 0.25) is 0 Å². The quantitative estimate of drug-likeness (QED) is 0.789. The van der Waals surface area contributed by atoms with Gasteiger partial charge in [-0.25, -0.2) is 8.78 Å². The molecule has 0 saturated heterocycles. The topological polar surface area (TPSA) is 35.2 Å². The molecule has 2 nitrogen and oxygen atoms in total. The third-order valence-corrected chi connectivity index (χ3v) is 2.37. The molecule has 1 aromatic rings. The molecule has 2 N–H and O–H groups in total. The molecule has 0 bridgehead atoms. The molecule has 0 aliphatic carbocycles. The highest BCUT2D eigenvalue weighted by Crippen LogP contribution is 2.29. The van der Waals surface area contributed by atoms with Crippen molar-refractivity contribution in [2.24, 2.45) is 5.73 Å². The maximum absolute atomic E-state index is 12.3. The number of benzene rings is 1. The van der Waals surface area contributed by atoms with Crippen LogP contribution in [0.15, 0.2) is 18.2 Å². The Morgan fingerprint density at radius 2 is 2.14 bits per heavy atom. The molecule has 0 radical (unpaired) electrons. The van der Waals surface area contributed by atoms with Crippen molar-refractivity contribution in [1.29, 1.82) is 0 Å². The second kappa shape index (κ2) is 3.53. The van der Waals surface area contributed by atoms with Crippen LogP contribution < -0.4 is 10.5 Å². The number of alkyl halides is 2. The normalized spacial score (nSPS) is 16.6. The second-order valence-electron chi connectivity index (χ2n) is 3.33. The van der Waals surface area contributed by atoms with E-state index >= 15 is 0 Å². The predicted molar refractivity (Wildman–Crippen MR) is 48.6 cm³/mol. The van der Waals surface area contributed by atoms with Gasteiger partial charge in [0.05, 0.1) is 12.6 Å². The highest BCUT2D eigenvalue weighted by atomic mass is 19.3. The SMILES string of the molecule is NC(c1ccc2c(c1)CCO2)C(F)F. The Hall–Kier alpha value is -1.16. The first kappa shape index (κ1) is 9.40. The lowest BCUT2D eigenvalue weighted by Gasteiger charge is -2.11. The summed E-state index contributed by atoms with van der Waals surface area (Å²) in [5.41, 5.74) is 6.79. The third-order valence-electron chi connectivity index (χ3n) is 2.37. The summed E-state index contributed by atoms with van der Waals surface area (Å²) in [6.45, 7) is 0.628. The number of rotatable bonds is 2. The van der Waals surface area contributed by atoms with Crippen LogP contribution >= 0.6 is 0 Å². The number of hydrogen-bond donors (Lipinski definition) is 1. The lowest BCUT2D eigenvalue weighted by atomic mass is 10.0. The molecule has 1 aromatic carbocycles. The van der Waals surface area contributed by atoms with E-state index in [4.69, 9.17) is 10.5 Å². The van der Waals surface area contributed by atoms with Gasteiger partial charge in [0.2, 0.25) is 0 Å². The fourth-order valence-corrected chi connectivity index (χ4v) is 1.56. The summed E-state index contributed by atoms with van der Waals surface area (Å²) in [7, 11) is 0. The molecule has 1 atom stereocenters. The molecule has 0 saturated carbocycles. The van der Waals surface area contributed by atoms with Crippen molar-refractivity contribution in [3.8, 4) is 5.75 Å².